The maximum absolute atomic E-state index is 14.0. The highest BCUT2D eigenvalue weighted by Crippen LogP contribution is 2.33. The van der Waals surface area contributed by atoms with Gasteiger partial charge in [0.2, 0.25) is 0 Å². The molecule has 0 spiro atoms. The summed E-state index contributed by atoms with van der Waals surface area (Å²) in [5, 5.41) is 5.57. The lowest BCUT2D eigenvalue weighted by Crippen LogP contribution is -2.40. The fraction of sp³-hybridized carbons (Fsp3) is 0.147. The molecule has 3 heterocycles. The van der Waals surface area contributed by atoms with Crippen molar-refractivity contribution >= 4 is 51.9 Å². The van der Waals surface area contributed by atoms with Crippen LogP contribution in [-0.2, 0) is 11.4 Å². The molecule has 1 N–H and O–H groups in total. The third-order valence-electron chi connectivity index (χ3n) is 7.26. The smallest absolute Gasteiger partial charge is 0.271 e. The van der Waals surface area contributed by atoms with E-state index in [-0.39, 0.29) is 18.1 Å². The lowest BCUT2D eigenvalue weighted by molar-refractivity contribution is -0.113. The molecule has 1 aliphatic rings. The number of nitrogens with zero attached hydrogens (tertiary/aromatic N) is 2. The molecule has 0 aliphatic carbocycles. The predicted octanol–water partition coefficient (Wildman–Crippen LogP) is 6.48. The van der Waals surface area contributed by atoms with Crippen molar-refractivity contribution in [1.82, 2.24) is 4.57 Å². The van der Waals surface area contributed by atoms with Crippen molar-refractivity contribution in [2.75, 3.05) is 12.4 Å². The van der Waals surface area contributed by atoms with Crippen molar-refractivity contribution in [2.45, 2.75) is 26.5 Å². The van der Waals surface area contributed by atoms with Crippen LogP contribution in [0.25, 0.3) is 6.08 Å². The standard InChI is InChI=1S/C34H28ClN3O4S2/c1-20-8-4-5-11-26(20)37-32(39)30-21(2)36-34-38(31(30)28-12-7-15-43-28)33(40)29(44-34)17-22-13-14-27(41-3)23(16-22)19-42-25-10-6-9-24(35)18-25/h4-18,31H,19H2,1-3H3,(H,37,39)/b29-17+/t31-/m0/s1. The summed E-state index contributed by atoms with van der Waals surface area (Å²) in [5.41, 5.74) is 4.09. The van der Waals surface area contributed by atoms with Crippen LogP contribution in [0, 0.1) is 6.92 Å². The van der Waals surface area contributed by atoms with E-state index in [4.69, 9.17) is 26.1 Å². The molecule has 5 aromatic rings. The number of ether oxygens (including phenoxy) is 2. The number of methoxy groups -OCH3 is 1. The zero-order valence-electron chi connectivity index (χ0n) is 24.2. The summed E-state index contributed by atoms with van der Waals surface area (Å²) in [4.78, 5) is 34.0. The largest absolute Gasteiger partial charge is 0.496 e. The number of anilines is 1. The maximum Gasteiger partial charge on any atom is 0.271 e. The van der Waals surface area contributed by atoms with E-state index in [1.807, 2.05) is 92.0 Å². The van der Waals surface area contributed by atoms with Crippen molar-refractivity contribution in [1.29, 1.82) is 0 Å². The van der Waals surface area contributed by atoms with Gasteiger partial charge in [-0.2, -0.15) is 0 Å². The lowest BCUT2D eigenvalue weighted by Gasteiger charge is -2.24. The number of amides is 1. The number of halogens is 1. The predicted molar refractivity (Wildman–Crippen MR) is 177 cm³/mol. The normalized spacial score (nSPS) is 14.6. The molecular formula is C34H28ClN3O4S2. The van der Waals surface area contributed by atoms with Crippen LogP contribution in [0.2, 0.25) is 5.02 Å². The molecule has 6 rings (SSSR count). The second-order valence-corrected chi connectivity index (χ2v) is 12.6. The molecule has 1 aliphatic heterocycles. The summed E-state index contributed by atoms with van der Waals surface area (Å²) < 4.78 is 13.7. The minimum atomic E-state index is -0.602. The summed E-state index contributed by atoms with van der Waals surface area (Å²) >= 11 is 8.91. The zero-order chi connectivity index (χ0) is 30.8. The molecule has 0 saturated carbocycles. The monoisotopic (exact) mass is 641 g/mol. The van der Waals surface area contributed by atoms with E-state index < -0.39 is 6.04 Å². The average molecular weight is 642 g/mol. The average Bonchev–Trinajstić information content (AvgIpc) is 3.65. The highest BCUT2D eigenvalue weighted by molar-refractivity contribution is 7.10. The highest BCUT2D eigenvalue weighted by atomic mass is 35.5. The Kier molecular flexibility index (Phi) is 8.52. The van der Waals surface area contributed by atoms with Gasteiger partial charge < -0.3 is 14.8 Å². The van der Waals surface area contributed by atoms with Gasteiger partial charge in [-0.25, -0.2) is 4.99 Å². The lowest BCUT2D eigenvalue weighted by atomic mass is 10.0. The topological polar surface area (TPSA) is 81.9 Å². The number of aryl methyl sites for hydroxylation is 1. The van der Waals surface area contributed by atoms with E-state index in [2.05, 4.69) is 5.32 Å². The molecule has 0 radical (unpaired) electrons. The highest BCUT2D eigenvalue weighted by Gasteiger charge is 2.33. The molecule has 10 heteroatoms. The minimum Gasteiger partial charge on any atom is -0.496 e. The van der Waals surface area contributed by atoms with Crippen molar-refractivity contribution < 1.29 is 14.3 Å². The fourth-order valence-electron chi connectivity index (χ4n) is 5.10. The SMILES string of the molecule is COc1ccc(/C=c2/sc3n(c2=O)[C@@H](c2cccs2)C(C(=O)Nc2ccccc2C)=C(C)N=3)cc1COc1cccc(Cl)c1. The first-order valence-electron chi connectivity index (χ1n) is 13.8. The van der Waals surface area contributed by atoms with E-state index in [1.165, 1.54) is 22.7 Å². The molecule has 44 heavy (non-hydrogen) atoms. The molecule has 3 aromatic carbocycles. The number of fused-ring (bicyclic) bond motifs is 1. The summed E-state index contributed by atoms with van der Waals surface area (Å²) in [6.07, 6.45) is 1.84. The Morgan fingerprint density at radius 1 is 1.07 bits per heavy atom. The quantitative estimate of drug-likeness (QED) is 0.210. The van der Waals surface area contributed by atoms with Crippen molar-refractivity contribution in [3.63, 3.8) is 0 Å². The molecule has 7 nitrogen and oxygen atoms in total. The van der Waals surface area contributed by atoms with Crippen LogP contribution in [0.4, 0.5) is 5.69 Å². The number of benzene rings is 3. The van der Waals surface area contributed by atoms with Crippen LogP contribution in [-0.4, -0.2) is 17.6 Å². The Labute approximate surface area is 267 Å². The Hall–Kier alpha value is -4.44. The van der Waals surface area contributed by atoms with Gasteiger partial charge in [-0.05, 0) is 78.9 Å². The molecular weight excluding hydrogens is 614 g/mol. The number of hydrogen-bond acceptors (Lipinski definition) is 7. The van der Waals surface area contributed by atoms with E-state index in [0.29, 0.717) is 37.1 Å². The number of rotatable bonds is 8. The number of para-hydroxylation sites is 1. The summed E-state index contributed by atoms with van der Waals surface area (Å²) in [6, 6.07) is 23.8. The van der Waals surface area contributed by atoms with E-state index in [0.717, 1.165) is 27.3 Å². The molecule has 0 fully saturated rings. The zero-order valence-corrected chi connectivity index (χ0v) is 26.6. The summed E-state index contributed by atoms with van der Waals surface area (Å²) in [7, 11) is 1.61. The maximum atomic E-state index is 14.0. The second-order valence-electron chi connectivity index (χ2n) is 10.2. The minimum absolute atomic E-state index is 0.214. The Balaban J connectivity index is 1.38. The first-order chi connectivity index (χ1) is 21.3. The molecule has 1 amide bonds. The number of allylic oxidation sites excluding steroid dienone is 1. The van der Waals surface area contributed by atoms with Gasteiger partial charge in [0, 0.05) is 21.2 Å². The van der Waals surface area contributed by atoms with Gasteiger partial charge in [-0.15, -0.1) is 11.3 Å². The van der Waals surface area contributed by atoms with E-state index in [9.17, 15) is 9.59 Å². The second kappa shape index (κ2) is 12.7. The number of thiophene rings is 1. The first-order valence-corrected chi connectivity index (χ1v) is 15.9. The van der Waals surface area contributed by atoms with Crippen molar-refractivity contribution in [3.8, 4) is 11.5 Å². The number of carbonyl (C=O) groups excluding carboxylic acids is 1. The molecule has 2 aromatic heterocycles. The number of hydrogen-bond donors (Lipinski definition) is 1. The molecule has 222 valence electrons. The van der Waals surface area contributed by atoms with Crippen LogP contribution in [0.1, 0.15) is 34.5 Å². The molecule has 0 unspecified atom stereocenters. The van der Waals surface area contributed by atoms with Crippen LogP contribution in [0.15, 0.2) is 105 Å². The third kappa shape index (κ3) is 5.99. The van der Waals surface area contributed by atoms with Gasteiger partial charge in [0.05, 0.1) is 22.9 Å². The van der Waals surface area contributed by atoms with E-state index >= 15 is 0 Å². The fourth-order valence-corrected chi connectivity index (χ4v) is 7.15. The molecule has 0 bridgehead atoms. The van der Waals surface area contributed by atoms with Gasteiger partial charge in [-0.1, -0.05) is 59.3 Å². The molecule has 1 atom stereocenters. The number of thiazole rings is 1. The van der Waals surface area contributed by atoms with Gasteiger partial charge in [0.25, 0.3) is 11.5 Å². The summed E-state index contributed by atoms with van der Waals surface area (Å²) in [5.74, 6) is 1.03. The third-order valence-corrected chi connectivity index (χ3v) is 9.41. The van der Waals surface area contributed by atoms with Crippen molar-refractivity contribution in [3.05, 3.63) is 142 Å². The van der Waals surface area contributed by atoms with Crippen LogP contribution >= 0.6 is 34.3 Å². The Morgan fingerprint density at radius 3 is 2.66 bits per heavy atom. The van der Waals surface area contributed by atoms with E-state index in [1.54, 1.807) is 23.8 Å². The van der Waals surface area contributed by atoms with Gasteiger partial charge in [0.15, 0.2) is 4.80 Å². The summed E-state index contributed by atoms with van der Waals surface area (Å²) in [6.45, 7) is 4.01. The van der Waals surface area contributed by atoms with Gasteiger partial charge >= 0.3 is 0 Å². The van der Waals surface area contributed by atoms with Crippen LogP contribution < -0.4 is 29.7 Å². The van der Waals surface area contributed by atoms with Crippen LogP contribution in [0.3, 0.4) is 0 Å². The van der Waals surface area contributed by atoms with Gasteiger partial charge in [-0.3, -0.25) is 14.2 Å². The Morgan fingerprint density at radius 2 is 1.91 bits per heavy atom. The first kappa shape index (κ1) is 29.6. The van der Waals surface area contributed by atoms with Crippen LogP contribution in [0.5, 0.6) is 11.5 Å². The van der Waals surface area contributed by atoms with Gasteiger partial charge in [0.1, 0.15) is 24.1 Å². The number of aromatic nitrogens is 1. The number of nitrogens with one attached hydrogen (secondary N) is 1. The number of carbonyl (C=O) groups is 1. The molecule has 0 saturated heterocycles. The Bertz CT molecular complexity index is 2080. The van der Waals surface area contributed by atoms with Crippen molar-refractivity contribution in [2.24, 2.45) is 4.99 Å².